The Morgan fingerprint density at radius 2 is 1.94 bits per heavy atom. The van der Waals surface area contributed by atoms with Crippen molar-refractivity contribution in [2.45, 2.75) is 46.0 Å². The van der Waals surface area contributed by atoms with E-state index < -0.39 is 0 Å². The van der Waals surface area contributed by atoms with E-state index in [2.05, 4.69) is 27.7 Å². The molecule has 2 rings (SSSR count). The van der Waals surface area contributed by atoms with Crippen molar-refractivity contribution in [2.75, 3.05) is 12.8 Å². The van der Waals surface area contributed by atoms with Crippen LogP contribution in [0, 0.1) is 5.41 Å². The van der Waals surface area contributed by atoms with Crippen molar-refractivity contribution in [1.29, 1.82) is 0 Å². The maximum absolute atomic E-state index is 11.9. The molecule has 2 N–H and O–H groups in total. The summed E-state index contributed by atoms with van der Waals surface area (Å²) in [5.74, 6) is -0.307. The van der Waals surface area contributed by atoms with Crippen LogP contribution in [-0.2, 0) is 16.6 Å². The van der Waals surface area contributed by atoms with Gasteiger partial charge in [0, 0.05) is 4.88 Å². The molecule has 1 aliphatic rings. The number of anilines is 1. The van der Waals surface area contributed by atoms with Crippen molar-refractivity contribution in [3.63, 3.8) is 0 Å². The highest BCUT2D eigenvalue weighted by molar-refractivity contribution is 7.16. The first-order valence-electron chi connectivity index (χ1n) is 6.18. The predicted octanol–water partition coefficient (Wildman–Crippen LogP) is 3.37. The van der Waals surface area contributed by atoms with E-state index in [1.165, 1.54) is 12.0 Å². The molecule has 0 atom stereocenters. The Labute approximate surface area is 112 Å². The van der Waals surface area contributed by atoms with Gasteiger partial charge >= 0.3 is 5.97 Å². The molecular weight excluding hydrogens is 246 g/mol. The number of nitrogen functional groups attached to an aromatic ring is 1. The monoisotopic (exact) mass is 267 g/mol. The van der Waals surface area contributed by atoms with Gasteiger partial charge < -0.3 is 10.5 Å². The zero-order valence-corrected chi connectivity index (χ0v) is 12.5. The van der Waals surface area contributed by atoms with E-state index in [-0.39, 0.29) is 16.8 Å². The first kappa shape index (κ1) is 13.4. The van der Waals surface area contributed by atoms with E-state index in [4.69, 9.17) is 10.5 Å². The molecule has 0 spiro atoms. The van der Waals surface area contributed by atoms with Gasteiger partial charge in [0.2, 0.25) is 0 Å². The van der Waals surface area contributed by atoms with Gasteiger partial charge in [-0.2, -0.15) is 0 Å². The van der Waals surface area contributed by atoms with Crippen LogP contribution in [0.4, 0.5) is 5.00 Å². The van der Waals surface area contributed by atoms with Gasteiger partial charge in [-0.05, 0) is 29.2 Å². The summed E-state index contributed by atoms with van der Waals surface area (Å²) < 4.78 is 4.87. The van der Waals surface area contributed by atoms with Crippen LogP contribution in [0.5, 0.6) is 0 Å². The Balaban J connectivity index is 2.63. The third-order valence-corrected chi connectivity index (χ3v) is 5.04. The molecule has 0 unspecified atom stereocenters. The summed E-state index contributed by atoms with van der Waals surface area (Å²) in [6.07, 6.45) is 2.00. The molecule has 1 aromatic rings. The smallest absolute Gasteiger partial charge is 0.341 e. The molecule has 0 amide bonds. The summed E-state index contributed by atoms with van der Waals surface area (Å²) in [6, 6.07) is 0. The van der Waals surface area contributed by atoms with E-state index in [9.17, 15) is 4.79 Å². The Morgan fingerprint density at radius 1 is 1.33 bits per heavy atom. The lowest BCUT2D eigenvalue weighted by Crippen LogP contribution is -2.34. The first-order valence-corrected chi connectivity index (χ1v) is 6.99. The quantitative estimate of drug-likeness (QED) is 0.794. The molecule has 0 fully saturated rings. The summed E-state index contributed by atoms with van der Waals surface area (Å²) in [4.78, 5) is 13.1. The van der Waals surface area contributed by atoms with Gasteiger partial charge in [-0.15, -0.1) is 11.3 Å². The second-order valence-corrected chi connectivity index (χ2v) is 7.59. The normalized spacial score (nSPS) is 20.3. The second kappa shape index (κ2) is 3.98. The number of hydrogen-bond acceptors (Lipinski definition) is 4. The van der Waals surface area contributed by atoms with Gasteiger partial charge in [0.15, 0.2) is 0 Å². The number of thiophene rings is 1. The van der Waals surface area contributed by atoms with E-state index in [0.29, 0.717) is 10.6 Å². The molecule has 18 heavy (non-hydrogen) atoms. The van der Waals surface area contributed by atoms with E-state index >= 15 is 0 Å². The highest BCUT2D eigenvalue weighted by Crippen LogP contribution is 2.51. The van der Waals surface area contributed by atoms with Crippen LogP contribution in [0.15, 0.2) is 0 Å². The van der Waals surface area contributed by atoms with Gasteiger partial charge in [-0.25, -0.2) is 4.79 Å². The largest absolute Gasteiger partial charge is 0.465 e. The molecule has 1 aliphatic carbocycles. The number of rotatable bonds is 1. The van der Waals surface area contributed by atoms with E-state index in [1.54, 1.807) is 11.3 Å². The summed E-state index contributed by atoms with van der Waals surface area (Å²) >= 11 is 1.55. The lowest BCUT2D eigenvalue weighted by atomic mass is 9.65. The van der Waals surface area contributed by atoms with Crippen LogP contribution in [0.1, 0.15) is 54.9 Å². The van der Waals surface area contributed by atoms with Gasteiger partial charge in [0.1, 0.15) is 5.00 Å². The van der Waals surface area contributed by atoms with Gasteiger partial charge in [0.25, 0.3) is 0 Å². The predicted molar refractivity (Wildman–Crippen MR) is 75.2 cm³/mol. The lowest BCUT2D eigenvalue weighted by Gasteiger charge is -2.40. The Bertz CT molecular complexity index is 500. The molecule has 0 bridgehead atoms. The Kier molecular flexibility index (Phi) is 2.97. The minimum Gasteiger partial charge on any atom is -0.465 e. The third kappa shape index (κ3) is 2.03. The average Bonchev–Trinajstić information content (AvgIpc) is 2.52. The molecule has 3 nitrogen and oxygen atoms in total. The molecule has 4 heteroatoms. The zero-order chi connectivity index (χ0) is 13.7. The van der Waals surface area contributed by atoms with Crippen molar-refractivity contribution in [3.8, 4) is 0 Å². The molecule has 1 aromatic heterocycles. The summed E-state index contributed by atoms with van der Waals surface area (Å²) in [5, 5.41) is 0.595. The Morgan fingerprint density at radius 3 is 2.50 bits per heavy atom. The number of methoxy groups -OCH3 is 1. The van der Waals surface area contributed by atoms with Crippen LogP contribution >= 0.6 is 11.3 Å². The number of esters is 1. The molecule has 100 valence electrons. The molecule has 0 saturated heterocycles. The zero-order valence-electron chi connectivity index (χ0n) is 11.7. The average molecular weight is 267 g/mol. The van der Waals surface area contributed by atoms with Gasteiger partial charge in [0.05, 0.1) is 12.7 Å². The van der Waals surface area contributed by atoms with Crippen LogP contribution in [-0.4, -0.2) is 13.1 Å². The van der Waals surface area contributed by atoms with Crippen molar-refractivity contribution < 1.29 is 9.53 Å². The maximum atomic E-state index is 11.9. The van der Waals surface area contributed by atoms with E-state index in [1.807, 2.05) is 0 Å². The summed E-state index contributed by atoms with van der Waals surface area (Å²) in [7, 11) is 1.41. The van der Waals surface area contributed by atoms with Crippen LogP contribution in [0.3, 0.4) is 0 Å². The SMILES string of the molecule is COC(=O)c1c(N)sc2c1CC(C)(C)CC2(C)C. The van der Waals surface area contributed by atoms with Gasteiger partial charge in [-0.1, -0.05) is 27.7 Å². The van der Waals surface area contributed by atoms with Crippen molar-refractivity contribution in [2.24, 2.45) is 5.41 Å². The lowest BCUT2D eigenvalue weighted by molar-refractivity contribution is 0.0600. The highest BCUT2D eigenvalue weighted by atomic mass is 32.1. The van der Waals surface area contributed by atoms with Crippen molar-refractivity contribution in [1.82, 2.24) is 0 Å². The van der Waals surface area contributed by atoms with Gasteiger partial charge in [-0.3, -0.25) is 0 Å². The number of fused-ring (bicyclic) bond motifs is 1. The fourth-order valence-corrected chi connectivity index (χ4v) is 4.52. The molecule has 0 saturated carbocycles. The standard InChI is InChI=1S/C14H21NO2S/c1-13(2)6-8-9(12(16)17-5)11(15)18-10(8)14(3,4)7-13/h6-7,15H2,1-5H3. The Hall–Kier alpha value is -1.03. The first-order chi connectivity index (χ1) is 8.18. The van der Waals surface area contributed by atoms with Crippen molar-refractivity contribution >= 4 is 22.3 Å². The summed E-state index contributed by atoms with van der Waals surface area (Å²) in [6.45, 7) is 8.94. The fraction of sp³-hybridized carbons (Fsp3) is 0.643. The molecule has 0 radical (unpaired) electrons. The maximum Gasteiger partial charge on any atom is 0.341 e. The minimum absolute atomic E-state index is 0.0716. The highest BCUT2D eigenvalue weighted by Gasteiger charge is 2.41. The number of hydrogen-bond donors (Lipinski definition) is 1. The van der Waals surface area contributed by atoms with E-state index in [0.717, 1.165) is 18.4 Å². The minimum atomic E-state index is -0.307. The van der Waals surface area contributed by atoms with Crippen LogP contribution < -0.4 is 5.73 Å². The molecule has 1 heterocycles. The van der Waals surface area contributed by atoms with Crippen LogP contribution in [0.25, 0.3) is 0 Å². The fourth-order valence-electron chi connectivity index (χ4n) is 3.34. The topological polar surface area (TPSA) is 52.3 Å². The summed E-state index contributed by atoms with van der Waals surface area (Å²) in [5.41, 5.74) is 7.98. The molecule has 0 aliphatic heterocycles. The number of carbonyl (C=O) groups is 1. The number of nitrogens with two attached hydrogens (primary N) is 1. The number of carbonyl (C=O) groups excluding carboxylic acids is 1. The second-order valence-electron chi connectivity index (χ2n) is 6.54. The number of ether oxygens (including phenoxy) is 1. The van der Waals surface area contributed by atoms with Crippen LogP contribution in [0.2, 0.25) is 0 Å². The van der Waals surface area contributed by atoms with Crippen molar-refractivity contribution in [3.05, 3.63) is 16.0 Å². The molecule has 0 aromatic carbocycles. The third-order valence-electron chi connectivity index (χ3n) is 3.61. The molecular formula is C14H21NO2S.